The normalized spacial score (nSPS) is 28.4. The molecular formula is C15H18FNO2. The molecular weight excluding hydrogens is 245 g/mol. The van der Waals surface area contributed by atoms with Gasteiger partial charge in [-0.1, -0.05) is 30.3 Å². The molecule has 1 aromatic carbocycles. The number of aliphatic hydroxyl groups is 1. The van der Waals surface area contributed by atoms with Crippen LogP contribution in [0.5, 0.6) is 0 Å². The zero-order chi connectivity index (χ0) is 13.5. The number of hydrogen-bond donors (Lipinski definition) is 1. The van der Waals surface area contributed by atoms with Crippen LogP contribution in [0.15, 0.2) is 30.3 Å². The quantitative estimate of drug-likeness (QED) is 0.901. The van der Waals surface area contributed by atoms with E-state index in [0.717, 1.165) is 5.56 Å². The number of rotatable bonds is 3. The molecule has 1 amide bonds. The lowest BCUT2D eigenvalue weighted by atomic mass is 10.0. The number of aliphatic hydroxyl groups excluding tert-OH is 1. The average Bonchev–Trinajstić information content (AvgIpc) is 3.08. The highest BCUT2D eigenvalue weighted by Gasteiger charge is 2.55. The molecule has 19 heavy (non-hydrogen) atoms. The first-order chi connectivity index (χ1) is 9.10. The van der Waals surface area contributed by atoms with Crippen molar-refractivity contribution in [3.63, 3.8) is 0 Å². The highest BCUT2D eigenvalue weighted by Crippen LogP contribution is 2.43. The third kappa shape index (κ3) is 2.37. The zero-order valence-corrected chi connectivity index (χ0v) is 10.8. The Morgan fingerprint density at radius 2 is 2.05 bits per heavy atom. The lowest BCUT2D eigenvalue weighted by molar-refractivity contribution is -0.139. The number of carbonyl (C=O) groups is 1. The molecule has 2 fully saturated rings. The molecule has 0 bridgehead atoms. The van der Waals surface area contributed by atoms with Crippen molar-refractivity contribution in [2.45, 2.75) is 43.5 Å². The molecule has 1 saturated heterocycles. The SMILES string of the molecule is O=C(N1CC[C@H](O)[C@@H]1Cc1ccccc1)C1(F)CC1. The molecule has 3 nitrogen and oxygen atoms in total. The van der Waals surface area contributed by atoms with Gasteiger partial charge in [-0.25, -0.2) is 4.39 Å². The maximum absolute atomic E-state index is 13.9. The van der Waals surface area contributed by atoms with Crippen LogP contribution in [-0.2, 0) is 11.2 Å². The second kappa shape index (κ2) is 4.60. The van der Waals surface area contributed by atoms with Gasteiger partial charge in [0, 0.05) is 6.54 Å². The van der Waals surface area contributed by atoms with Crippen molar-refractivity contribution in [1.82, 2.24) is 4.90 Å². The van der Waals surface area contributed by atoms with Gasteiger partial charge in [0.05, 0.1) is 12.1 Å². The second-order valence-electron chi connectivity index (χ2n) is 5.58. The molecule has 0 unspecified atom stereocenters. The summed E-state index contributed by atoms with van der Waals surface area (Å²) in [5, 5.41) is 10.0. The number of hydrogen-bond acceptors (Lipinski definition) is 2. The number of amides is 1. The van der Waals surface area contributed by atoms with E-state index in [1.54, 1.807) is 4.90 Å². The molecule has 1 saturated carbocycles. The van der Waals surface area contributed by atoms with Crippen LogP contribution in [0, 0.1) is 0 Å². The molecule has 1 heterocycles. The molecule has 3 rings (SSSR count). The lowest BCUT2D eigenvalue weighted by Gasteiger charge is -2.27. The fourth-order valence-electron chi connectivity index (χ4n) is 2.77. The van der Waals surface area contributed by atoms with E-state index in [-0.39, 0.29) is 6.04 Å². The van der Waals surface area contributed by atoms with E-state index in [2.05, 4.69) is 0 Å². The summed E-state index contributed by atoms with van der Waals surface area (Å²) in [5.41, 5.74) is -0.575. The van der Waals surface area contributed by atoms with Crippen molar-refractivity contribution >= 4 is 5.91 Å². The molecule has 1 N–H and O–H groups in total. The second-order valence-corrected chi connectivity index (χ2v) is 5.58. The van der Waals surface area contributed by atoms with Gasteiger partial charge < -0.3 is 10.0 Å². The molecule has 1 aromatic rings. The molecule has 102 valence electrons. The van der Waals surface area contributed by atoms with E-state index in [9.17, 15) is 14.3 Å². The third-order valence-corrected chi connectivity index (χ3v) is 4.13. The standard InChI is InChI=1S/C15H18FNO2/c16-15(7-8-15)14(19)17-9-6-13(18)12(17)10-11-4-2-1-3-5-11/h1-5,12-13,18H,6-10H2/t12-,13-/m0/s1. The predicted octanol–water partition coefficient (Wildman–Crippen LogP) is 1.69. The number of benzene rings is 1. The maximum atomic E-state index is 13.9. The summed E-state index contributed by atoms with van der Waals surface area (Å²) in [6, 6.07) is 9.44. The fraction of sp³-hybridized carbons (Fsp3) is 0.533. The highest BCUT2D eigenvalue weighted by molar-refractivity contribution is 5.88. The van der Waals surface area contributed by atoms with E-state index in [4.69, 9.17) is 0 Å². The lowest BCUT2D eigenvalue weighted by Crippen LogP contribution is -2.45. The summed E-state index contributed by atoms with van der Waals surface area (Å²) in [6.07, 6.45) is 1.24. The maximum Gasteiger partial charge on any atom is 0.260 e. The molecule has 2 atom stereocenters. The summed E-state index contributed by atoms with van der Waals surface area (Å²) in [7, 11) is 0. The number of alkyl halides is 1. The van der Waals surface area contributed by atoms with Gasteiger partial charge in [-0.3, -0.25) is 4.79 Å². The largest absolute Gasteiger partial charge is 0.391 e. The van der Waals surface area contributed by atoms with E-state index in [1.807, 2.05) is 30.3 Å². The Hall–Kier alpha value is -1.42. The first kappa shape index (κ1) is 12.6. The van der Waals surface area contributed by atoms with Gasteiger partial charge in [0.2, 0.25) is 0 Å². The Morgan fingerprint density at radius 1 is 1.37 bits per heavy atom. The van der Waals surface area contributed by atoms with Crippen molar-refractivity contribution in [2.24, 2.45) is 0 Å². The molecule has 2 aliphatic rings. The number of halogens is 1. The van der Waals surface area contributed by atoms with E-state index >= 15 is 0 Å². The zero-order valence-electron chi connectivity index (χ0n) is 10.8. The molecule has 4 heteroatoms. The number of likely N-dealkylation sites (tertiary alicyclic amines) is 1. The summed E-state index contributed by atoms with van der Waals surface area (Å²) in [6.45, 7) is 0.461. The van der Waals surface area contributed by atoms with Crippen molar-refractivity contribution in [3.8, 4) is 0 Å². The van der Waals surface area contributed by atoms with Crippen LogP contribution in [-0.4, -0.2) is 40.3 Å². The van der Waals surface area contributed by atoms with E-state index < -0.39 is 17.7 Å². The van der Waals surface area contributed by atoms with Crippen molar-refractivity contribution in [2.75, 3.05) is 6.54 Å². The predicted molar refractivity (Wildman–Crippen MR) is 69.3 cm³/mol. The summed E-state index contributed by atoms with van der Waals surface area (Å²) < 4.78 is 13.9. The van der Waals surface area contributed by atoms with Gasteiger partial charge in [0.15, 0.2) is 5.67 Å². The third-order valence-electron chi connectivity index (χ3n) is 4.13. The molecule has 0 aromatic heterocycles. The number of carbonyl (C=O) groups excluding carboxylic acids is 1. The van der Waals surface area contributed by atoms with Crippen molar-refractivity contribution in [3.05, 3.63) is 35.9 Å². The number of nitrogens with zero attached hydrogens (tertiary/aromatic N) is 1. The van der Waals surface area contributed by atoms with Gasteiger partial charge in [0.25, 0.3) is 5.91 Å². The van der Waals surface area contributed by atoms with E-state index in [0.29, 0.717) is 32.2 Å². The van der Waals surface area contributed by atoms with Crippen LogP contribution < -0.4 is 0 Å². The Labute approximate surface area is 112 Å². The van der Waals surface area contributed by atoms with Crippen molar-refractivity contribution in [1.29, 1.82) is 0 Å². The Balaban J connectivity index is 1.75. The monoisotopic (exact) mass is 263 g/mol. The smallest absolute Gasteiger partial charge is 0.260 e. The van der Waals surface area contributed by atoms with Crippen LogP contribution >= 0.6 is 0 Å². The van der Waals surface area contributed by atoms with Gasteiger partial charge in [-0.2, -0.15) is 0 Å². The minimum absolute atomic E-state index is 0.289. The first-order valence-electron chi connectivity index (χ1n) is 6.82. The fourth-order valence-corrected chi connectivity index (χ4v) is 2.77. The summed E-state index contributed by atoms with van der Waals surface area (Å²) >= 11 is 0. The minimum atomic E-state index is -1.64. The Kier molecular flexibility index (Phi) is 3.05. The van der Waals surface area contributed by atoms with Gasteiger partial charge in [-0.05, 0) is 31.2 Å². The van der Waals surface area contributed by atoms with Crippen molar-refractivity contribution < 1.29 is 14.3 Å². The Bertz CT molecular complexity index is 472. The highest BCUT2D eigenvalue weighted by atomic mass is 19.1. The molecule has 0 radical (unpaired) electrons. The topological polar surface area (TPSA) is 40.5 Å². The molecule has 1 aliphatic carbocycles. The van der Waals surface area contributed by atoms with Crippen LogP contribution in [0.4, 0.5) is 4.39 Å². The Morgan fingerprint density at radius 3 is 2.68 bits per heavy atom. The van der Waals surface area contributed by atoms with Crippen LogP contribution in [0.3, 0.4) is 0 Å². The summed E-state index contributed by atoms with van der Waals surface area (Å²) in [5.74, 6) is -0.426. The van der Waals surface area contributed by atoms with Crippen LogP contribution in [0.2, 0.25) is 0 Å². The minimum Gasteiger partial charge on any atom is -0.391 e. The molecule has 1 aliphatic heterocycles. The van der Waals surface area contributed by atoms with Crippen LogP contribution in [0.25, 0.3) is 0 Å². The van der Waals surface area contributed by atoms with Gasteiger partial charge >= 0.3 is 0 Å². The average molecular weight is 263 g/mol. The van der Waals surface area contributed by atoms with Crippen LogP contribution in [0.1, 0.15) is 24.8 Å². The summed E-state index contributed by atoms with van der Waals surface area (Å²) in [4.78, 5) is 13.7. The van der Waals surface area contributed by atoms with Gasteiger partial charge in [0.1, 0.15) is 0 Å². The van der Waals surface area contributed by atoms with E-state index in [1.165, 1.54) is 0 Å². The van der Waals surface area contributed by atoms with Gasteiger partial charge in [-0.15, -0.1) is 0 Å². The molecule has 0 spiro atoms. The first-order valence-corrected chi connectivity index (χ1v) is 6.82.